The van der Waals surface area contributed by atoms with Crippen molar-refractivity contribution in [3.8, 4) is 0 Å². The van der Waals surface area contributed by atoms with Crippen LogP contribution in [0.25, 0.3) is 0 Å². The monoisotopic (exact) mass is 250 g/mol. The number of thioether (sulfide) groups is 1. The van der Waals surface area contributed by atoms with E-state index in [9.17, 15) is 4.79 Å². The summed E-state index contributed by atoms with van der Waals surface area (Å²) >= 11 is 1.58. The minimum Gasteiger partial charge on any atom is -0.399 e. The van der Waals surface area contributed by atoms with Gasteiger partial charge in [0.15, 0.2) is 0 Å². The van der Waals surface area contributed by atoms with Crippen molar-refractivity contribution < 1.29 is 4.79 Å². The number of carbonyl (C=O) groups is 1. The van der Waals surface area contributed by atoms with Crippen LogP contribution < -0.4 is 5.73 Å². The highest BCUT2D eigenvalue weighted by molar-refractivity contribution is 8.00. The quantitative estimate of drug-likeness (QED) is 0.644. The van der Waals surface area contributed by atoms with Gasteiger partial charge in [0, 0.05) is 23.2 Å². The normalized spacial score (nSPS) is 14.6. The third-order valence-corrected chi connectivity index (χ3v) is 3.89. The van der Waals surface area contributed by atoms with Crippen molar-refractivity contribution in [2.45, 2.75) is 30.7 Å². The van der Waals surface area contributed by atoms with Crippen molar-refractivity contribution in [1.29, 1.82) is 0 Å². The van der Waals surface area contributed by atoms with Gasteiger partial charge in [-0.2, -0.15) is 0 Å². The molecule has 0 saturated heterocycles. The zero-order valence-electron chi connectivity index (χ0n) is 10.1. The Morgan fingerprint density at radius 2 is 2.06 bits per heavy atom. The van der Waals surface area contributed by atoms with Gasteiger partial charge in [-0.3, -0.25) is 4.79 Å². The van der Waals surface area contributed by atoms with E-state index in [4.69, 9.17) is 5.73 Å². The van der Waals surface area contributed by atoms with Gasteiger partial charge in [-0.25, -0.2) is 0 Å². The highest BCUT2D eigenvalue weighted by Crippen LogP contribution is 2.28. The van der Waals surface area contributed by atoms with Gasteiger partial charge in [0.2, 0.25) is 5.91 Å². The standard InChI is InChI=1S/C13H18N2OS/c1-2-15(11-5-6-11)13(16)9-17-12-7-3-10(14)4-8-12/h3-4,7-8,11H,2,5-6,9,14H2,1H3. The molecule has 2 N–H and O–H groups in total. The van der Waals surface area contributed by atoms with Gasteiger partial charge in [0.25, 0.3) is 0 Å². The van der Waals surface area contributed by atoms with E-state index in [2.05, 4.69) is 0 Å². The van der Waals surface area contributed by atoms with Crippen LogP contribution in [0.4, 0.5) is 5.69 Å². The number of hydrogen-bond acceptors (Lipinski definition) is 3. The number of amides is 1. The van der Waals surface area contributed by atoms with Crippen LogP contribution in [0, 0.1) is 0 Å². The highest BCUT2D eigenvalue weighted by Gasteiger charge is 2.30. The molecule has 17 heavy (non-hydrogen) atoms. The summed E-state index contributed by atoms with van der Waals surface area (Å²) in [4.78, 5) is 15.1. The Hall–Kier alpha value is -1.16. The minimum absolute atomic E-state index is 0.247. The molecule has 0 bridgehead atoms. The summed E-state index contributed by atoms with van der Waals surface area (Å²) in [5, 5.41) is 0. The highest BCUT2D eigenvalue weighted by atomic mass is 32.2. The van der Waals surface area contributed by atoms with E-state index >= 15 is 0 Å². The number of nitrogens with zero attached hydrogens (tertiary/aromatic N) is 1. The van der Waals surface area contributed by atoms with Crippen LogP contribution >= 0.6 is 11.8 Å². The first-order valence-corrected chi connectivity index (χ1v) is 6.97. The van der Waals surface area contributed by atoms with E-state index in [-0.39, 0.29) is 5.91 Å². The predicted octanol–water partition coefficient (Wildman–Crippen LogP) is 2.37. The lowest BCUT2D eigenvalue weighted by Crippen LogP contribution is -2.34. The van der Waals surface area contributed by atoms with E-state index in [1.807, 2.05) is 36.1 Å². The van der Waals surface area contributed by atoms with Gasteiger partial charge in [0.1, 0.15) is 0 Å². The van der Waals surface area contributed by atoms with E-state index in [1.54, 1.807) is 11.8 Å². The summed E-state index contributed by atoms with van der Waals surface area (Å²) < 4.78 is 0. The molecule has 0 atom stereocenters. The first-order chi connectivity index (χ1) is 8.20. The molecule has 1 saturated carbocycles. The maximum absolute atomic E-state index is 12.0. The second-order valence-electron chi connectivity index (χ2n) is 4.27. The maximum atomic E-state index is 12.0. The van der Waals surface area contributed by atoms with Crippen LogP contribution in [0.15, 0.2) is 29.2 Å². The Balaban J connectivity index is 1.84. The number of carbonyl (C=O) groups excluding carboxylic acids is 1. The van der Waals surface area contributed by atoms with Gasteiger partial charge in [-0.15, -0.1) is 11.8 Å². The first-order valence-electron chi connectivity index (χ1n) is 5.98. The lowest BCUT2D eigenvalue weighted by molar-refractivity contribution is -0.128. The van der Waals surface area contributed by atoms with Crippen molar-refractivity contribution in [3.05, 3.63) is 24.3 Å². The molecule has 1 fully saturated rings. The minimum atomic E-state index is 0.247. The number of rotatable bonds is 5. The zero-order chi connectivity index (χ0) is 12.3. The largest absolute Gasteiger partial charge is 0.399 e. The molecule has 0 heterocycles. The van der Waals surface area contributed by atoms with Crippen molar-refractivity contribution >= 4 is 23.4 Å². The summed E-state index contributed by atoms with van der Waals surface area (Å²) in [6.07, 6.45) is 2.35. The summed E-state index contributed by atoms with van der Waals surface area (Å²) in [5.74, 6) is 0.769. The van der Waals surface area contributed by atoms with Crippen molar-refractivity contribution in [2.75, 3.05) is 18.0 Å². The molecular formula is C13H18N2OS. The molecule has 1 amide bonds. The maximum Gasteiger partial charge on any atom is 0.233 e. The van der Waals surface area contributed by atoms with E-state index in [1.165, 1.54) is 12.8 Å². The fourth-order valence-electron chi connectivity index (χ4n) is 1.82. The molecule has 1 aliphatic carbocycles. The van der Waals surface area contributed by atoms with Gasteiger partial charge < -0.3 is 10.6 Å². The number of hydrogen-bond donors (Lipinski definition) is 1. The van der Waals surface area contributed by atoms with Crippen molar-refractivity contribution in [1.82, 2.24) is 4.90 Å². The first kappa shape index (κ1) is 12.3. The molecule has 0 aromatic heterocycles. The number of nitrogen functional groups attached to an aromatic ring is 1. The Kier molecular flexibility index (Phi) is 3.94. The molecule has 0 spiro atoms. The van der Waals surface area contributed by atoms with Crippen LogP contribution in [-0.2, 0) is 4.79 Å². The Morgan fingerprint density at radius 3 is 2.59 bits per heavy atom. The Morgan fingerprint density at radius 1 is 1.41 bits per heavy atom. The third kappa shape index (κ3) is 3.40. The second kappa shape index (κ2) is 5.45. The molecule has 1 aliphatic rings. The zero-order valence-corrected chi connectivity index (χ0v) is 10.9. The molecule has 92 valence electrons. The predicted molar refractivity (Wildman–Crippen MR) is 72.0 cm³/mol. The van der Waals surface area contributed by atoms with E-state index < -0.39 is 0 Å². The summed E-state index contributed by atoms with van der Waals surface area (Å²) in [6, 6.07) is 8.16. The molecule has 1 aromatic rings. The third-order valence-electron chi connectivity index (χ3n) is 2.89. The fourth-order valence-corrected chi connectivity index (χ4v) is 2.60. The fraction of sp³-hybridized carbons (Fsp3) is 0.462. The Bertz CT molecular complexity index is 387. The van der Waals surface area contributed by atoms with Gasteiger partial charge >= 0.3 is 0 Å². The Labute approximate surface area is 106 Å². The van der Waals surface area contributed by atoms with Gasteiger partial charge in [-0.05, 0) is 44.0 Å². The number of nitrogens with two attached hydrogens (primary N) is 1. The SMILES string of the molecule is CCN(C(=O)CSc1ccc(N)cc1)C1CC1. The number of anilines is 1. The summed E-state index contributed by atoms with van der Waals surface area (Å²) in [5.41, 5.74) is 6.37. The lowest BCUT2D eigenvalue weighted by atomic mass is 10.3. The van der Waals surface area contributed by atoms with Crippen molar-refractivity contribution in [2.24, 2.45) is 0 Å². The molecular weight excluding hydrogens is 232 g/mol. The molecule has 0 radical (unpaired) electrons. The topological polar surface area (TPSA) is 46.3 Å². The number of benzene rings is 1. The molecule has 4 heteroatoms. The van der Waals surface area contributed by atoms with Crippen LogP contribution in [0.1, 0.15) is 19.8 Å². The smallest absolute Gasteiger partial charge is 0.233 e. The molecule has 3 nitrogen and oxygen atoms in total. The van der Waals surface area contributed by atoms with Crippen LogP contribution in [0.5, 0.6) is 0 Å². The van der Waals surface area contributed by atoms with Crippen LogP contribution in [0.3, 0.4) is 0 Å². The van der Waals surface area contributed by atoms with Gasteiger partial charge in [0.05, 0.1) is 5.75 Å². The molecule has 2 rings (SSSR count). The molecule has 0 aliphatic heterocycles. The summed E-state index contributed by atoms with van der Waals surface area (Å²) in [7, 11) is 0. The average Bonchev–Trinajstić information content (AvgIpc) is 3.14. The van der Waals surface area contributed by atoms with E-state index in [0.717, 1.165) is 17.1 Å². The lowest BCUT2D eigenvalue weighted by Gasteiger charge is -2.19. The van der Waals surface area contributed by atoms with Crippen molar-refractivity contribution in [3.63, 3.8) is 0 Å². The van der Waals surface area contributed by atoms with Crippen LogP contribution in [-0.4, -0.2) is 29.1 Å². The molecule has 0 unspecified atom stereocenters. The summed E-state index contributed by atoms with van der Waals surface area (Å²) in [6.45, 7) is 2.87. The van der Waals surface area contributed by atoms with Crippen LogP contribution in [0.2, 0.25) is 0 Å². The van der Waals surface area contributed by atoms with E-state index in [0.29, 0.717) is 11.8 Å². The molecule has 1 aromatic carbocycles. The second-order valence-corrected chi connectivity index (χ2v) is 5.32. The average molecular weight is 250 g/mol. The van der Waals surface area contributed by atoms with Gasteiger partial charge in [-0.1, -0.05) is 0 Å².